The average Bonchev–Trinajstić information content (AvgIpc) is 4.08. The number of imidazole rings is 2. The number of rotatable bonds is 12. The number of amides is 4. The van der Waals surface area contributed by atoms with Crippen molar-refractivity contribution in [3.8, 4) is 33.5 Å². The molecule has 13 nitrogen and oxygen atoms in total. The molecule has 0 aliphatic carbocycles. The van der Waals surface area contributed by atoms with Crippen molar-refractivity contribution in [3.05, 3.63) is 71.1 Å². The summed E-state index contributed by atoms with van der Waals surface area (Å²) in [7, 11) is 0. The van der Waals surface area contributed by atoms with Crippen LogP contribution in [0.4, 0.5) is 0 Å². The second kappa shape index (κ2) is 16.7. The predicted octanol–water partition coefficient (Wildman–Crippen LogP) is 7.18. The van der Waals surface area contributed by atoms with E-state index < -0.39 is 24.6 Å². The minimum atomic E-state index is -0.722. The number of aliphatic hydroxyl groups is 1. The van der Waals surface area contributed by atoms with E-state index in [-0.39, 0.29) is 41.6 Å². The van der Waals surface area contributed by atoms with Crippen LogP contribution in [0.15, 0.2) is 59.4 Å². The average molecular weight is 835 g/mol. The number of hydrogen-bond donors (Lipinski definition) is 5. The molecule has 0 bridgehead atoms. The maximum absolute atomic E-state index is 13.7. The van der Waals surface area contributed by atoms with Gasteiger partial charge in [0.15, 0.2) is 0 Å². The van der Waals surface area contributed by atoms with Gasteiger partial charge in [-0.05, 0) is 54.7 Å². The summed E-state index contributed by atoms with van der Waals surface area (Å²) in [5.41, 5.74) is 8.09. The second-order valence-corrected chi connectivity index (χ2v) is 18.0. The standard InChI is InChI=1S/C44H50N8O5S2/c1-23(2)36(46-25(5)54)43(56)52-18-8-12-34(52)42-47-31-10-6-9-28(38(31)50-42)30-22-59-39-29(21-58-40(30)39)26-13-15-27(16-14-26)32-19-45-41(48-32)33-11-7-17-51(33)44(57)37(24(3)4)49-35(55)20-53/h6,9-10,13-16,19,21-24,33-34,36-37,53H,7-8,11-12,17-18,20H2,1-5H3,(H,45,48)(H,46,54)(H,47,50)(H,49,55)/t33?,34?,36-,37-/m0/s1. The maximum atomic E-state index is 13.7. The van der Waals surface area contributed by atoms with Crippen LogP contribution in [0, 0.1) is 11.8 Å². The molecule has 2 unspecified atom stereocenters. The molecule has 2 aliphatic rings. The summed E-state index contributed by atoms with van der Waals surface area (Å²) >= 11 is 3.44. The Morgan fingerprint density at radius 2 is 1.37 bits per heavy atom. The van der Waals surface area contributed by atoms with E-state index in [2.05, 4.69) is 61.7 Å². The van der Waals surface area contributed by atoms with Gasteiger partial charge in [0, 0.05) is 47.5 Å². The van der Waals surface area contributed by atoms with Crippen molar-refractivity contribution in [1.29, 1.82) is 0 Å². The number of carbonyl (C=O) groups excluding carboxylic acids is 4. The number of benzene rings is 2. The Morgan fingerprint density at radius 1 is 0.780 bits per heavy atom. The minimum Gasteiger partial charge on any atom is -0.387 e. The molecule has 0 saturated carbocycles. The first-order valence-corrected chi connectivity index (χ1v) is 22.1. The molecule has 6 aromatic rings. The summed E-state index contributed by atoms with van der Waals surface area (Å²) in [5.74, 6) is 0.294. The lowest BCUT2D eigenvalue weighted by molar-refractivity contribution is -0.139. The highest BCUT2D eigenvalue weighted by molar-refractivity contribution is 7.27. The third-order valence-electron chi connectivity index (χ3n) is 11.6. The monoisotopic (exact) mass is 834 g/mol. The zero-order valence-electron chi connectivity index (χ0n) is 33.9. The van der Waals surface area contributed by atoms with Gasteiger partial charge in [0.25, 0.3) is 0 Å². The van der Waals surface area contributed by atoms with Crippen LogP contribution in [-0.4, -0.2) is 90.3 Å². The van der Waals surface area contributed by atoms with Crippen molar-refractivity contribution in [3.63, 3.8) is 0 Å². The van der Waals surface area contributed by atoms with Crippen LogP contribution >= 0.6 is 22.7 Å². The molecule has 6 heterocycles. The lowest BCUT2D eigenvalue weighted by atomic mass is 10.0. The van der Waals surface area contributed by atoms with Crippen LogP contribution in [0.25, 0.3) is 53.9 Å². The van der Waals surface area contributed by atoms with E-state index >= 15 is 0 Å². The van der Waals surface area contributed by atoms with E-state index in [0.717, 1.165) is 70.5 Å². The number of hydrogen-bond acceptors (Lipinski definition) is 9. The normalized spacial score (nSPS) is 18.0. The Kier molecular flexibility index (Phi) is 11.4. The summed E-state index contributed by atoms with van der Waals surface area (Å²) in [5, 5.41) is 19.2. The smallest absolute Gasteiger partial charge is 0.246 e. The van der Waals surface area contributed by atoms with Gasteiger partial charge in [-0.2, -0.15) is 0 Å². The summed E-state index contributed by atoms with van der Waals surface area (Å²) in [6.45, 7) is 9.65. The Bertz CT molecular complexity index is 2520. The molecule has 2 aromatic carbocycles. The summed E-state index contributed by atoms with van der Waals surface area (Å²) < 4.78 is 2.41. The predicted molar refractivity (Wildman–Crippen MR) is 231 cm³/mol. The van der Waals surface area contributed by atoms with Gasteiger partial charge in [-0.3, -0.25) is 19.2 Å². The van der Waals surface area contributed by atoms with Gasteiger partial charge in [-0.15, -0.1) is 22.7 Å². The highest BCUT2D eigenvalue weighted by Gasteiger charge is 2.39. The maximum Gasteiger partial charge on any atom is 0.246 e. The molecule has 0 radical (unpaired) electrons. The Labute approximate surface area is 350 Å². The lowest BCUT2D eigenvalue weighted by Crippen LogP contribution is -2.51. The first kappa shape index (κ1) is 40.4. The SMILES string of the molecule is CC(=O)N[C@H](C(=O)N1CCCC1c1nc2c(-c3csc4c(-c5ccc(-c6cnc(C7CCCN7C(=O)[C@@H](NC(=O)CO)C(C)C)[nH]6)cc5)csc34)cccc2[nH]1)C(C)C. The van der Waals surface area contributed by atoms with Gasteiger partial charge in [-0.25, -0.2) is 9.97 Å². The van der Waals surface area contributed by atoms with Gasteiger partial charge in [0.2, 0.25) is 23.6 Å². The van der Waals surface area contributed by atoms with Crippen LogP contribution < -0.4 is 10.6 Å². The summed E-state index contributed by atoms with van der Waals surface area (Å²) in [6, 6.07) is 12.9. The summed E-state index contributed by atoms with van der Waals surface area (Å²) in [6.07, 6.45) is 5.08. The number of H-pyrrole nitrogens is 2. The minimum absolute atomic E-state index is 0.0387. The topological polar surface area (TPSA) is 176 Å². The van der Waals surface area contributed by atoms with Crippen molar-refractivity contribution in [1.82, 2.24) is 40.4 Å². The zero-order chi connectivity index (χ0) is 41.5. The number of aromatic nitrogens is 4. The van der Waals surface area contributed by atoms with Crippen LogP contribution in [-0.2, 0) is 19.2 Å². The van der Waals surface area contributed by atoms with Gasteiger partial charge in [0.1, 0.15) is 30.3 Å². The van der Waals surface area contributed by atoms with E-state index in [1.54, 1.807) is 27.6 Å². The van der Waals surface area contributed by atoms with E-state index in [1.165, 1.54) is 21.9 Å². The number of para-hydroxylation sites is 1. The Hall–Kier alpha value is -5.38. The van der Waals surface area contributed by atoms with Crippen molar-refractivity contribution >= 4 is 66.7 Å². The van der Waals surface area contributed by atoms with Crippen molar-refractivity contribution < 1.29 is 24.3 Å². The molecule has 4 aromatic heterocycles. The Morgan fingerprint density at radius 3 is 2.00 bits per heavy atom. The van der Waals surface area contributed by atoms with Gasteiger partial charge < -0.3 is 35.5 Å². The third-order valence-corrected chi connectivity index (χ3v) is 13.8. The number of aliphatic hydroxyl groups excluding tert-OH is 1. The number of nitrogens with zero attached hydrogens (tertiary/aromatic N) is 4. The molecule has 15 heteroatoms. The molecular weight excluding hydrogens is 785 g/mol. The zero-order valence-corrected chi connectivity index (χ0v) is 35.5. The molecule has 308 valence electrons. The first-order valence-electron chi connectivity index (χ1n) is 20.3. The number of fused-ring (bicyclic) bond motifs is 2. The van der Waals surface area contributed by atoms with E-state index in [1.807, 2.05) is 50.9 Å². The number of thiophene rings is 2. The van der Waals surface area contributed by atoms with Gasteiger partial charge in [-0.1, -0.05) is 64.1 Å². The van der Waals surface area contributed by atoms with Crippen LogP contribution in [0.5, 0.6) is 0 Å². The molecule has 5 N–H and O–H groups in total. The van der Waals surface area contributed by atoms with Crippen molar-refractivity contribution in [2.24, 2.45) is 11.8 Å². The fourth-order valence-electron chi connectivity index (χ4n) is 8.57. The first-order chi connectivity index (χ1) is 28.4. The molecule has 59 heavy (non-hydrogen) atoms. The molecule has 4 atom stereocenters. The number of carbonyl (C=O) groups is 4. The Balaban J connectivity index is 1.01. The summed E-state index contributed by atoms with van der Waals surface area (Å²) in [4.78, 5) is 71.7. The molecule has 2 saturated heterocycles. The number of nitrogens with one attached hydrogen (secondary N) is 4. The molecule has 0 spiro atoms. The van der Waals surface area contributed by atoms with Gasteiger partial charge >= 0.3 is 0 Å². The van der Waals surface area contributed by atoms with E-state index in [9.17, 15) is 24.3 Å². The molecule has 2 aliphatic heterocycles. The second-order valence-electron chi connectivity index (χ2n) is 16.3. The van der Waals surface area contributed by atoms with Crippen LogP contribution in [0.2, 0.25) is 0 Å². The van der Waals surface area contributed by atoms with E-state index in [0.29, 0.717) is 18.9 Å². The van der Waals surface area contributed by atoms with Crippen molar-refractivity contribution in [2.75, 3.05) is 19.7 Å². The lowest BCUT2D eigenvalue weighted by Gasteiger charge is -2.30. The van der Waals surface area contributed by atoms with Gasteiger partial charge in [0.05, 0.1) is 44.4 Å². The highest BCUT2D eigenvalue weighted by Crippen LogP contribution is 2.46. The highest BCUT2D eigenvalue weighted by atomic mass is 32.1. The molecule has 4 amide bonds. The van der Waals surface area contributed by atoms with E-state index in [4.69, 9.17) is 9.97 Å². The molecular formula is C44H50N8O5S2. The largest absolute Gasteiger partial charge is 0.387 e. The number of likely N-dealkylation sites (tertiary alicyclic amines) is 2. The third kappa shape index (κ3) is 7.78. The fraction of sp³-hybridized carbons (Fsp3) is 0.409. The molecule has 2 fully saturated rings. The van der Waals surface area contributed by atoms with Crippen LogP contribution in [0.3, 0.4) is 0 Å². The quantitative estimate of drug-likeness (QED) is 0.0868. The molecule has 8 rings (SSSR count). The number of aromatic amines is 2. The van der Waals surface area contributed by atoms with Crippen molar-refractivity contribution in [2.45, 2.75) is 84.5 Å². The van der Waals surface area contributed by atoms with Crippen LogP contribution in [0.1, 0.15) is 84.0 Å². The fourth-order valence-corrected chi connectivity index (χ4v) is 11.0.